The lowest BCUT2D eigenvalue weighted by Gasteiger charge is -2.34. The molecule has 1 aromatic carbocycles. The molecule has 3 atom stereocenters. The lowest BCUT2D eigenvalue weighted by atomic mass is 10.1. The van der Waals surface area contributed by atoms with Crippen molar-refractivity contribution in [2.24, 2.45) is 0 Å². The quantitative estimate of drug-likeness (QED) is 0.347. The summed E-state index contributed by atoms with van der Waals surface area (Å²) in [6.07, 6.45) is 5.63. The van der Waals surface area contributed by atoms with E-state index in [4.69, 9.17) is 0 Å². The predicted molar refractivity (Wildman–Crippen MR) is 155 cm³/mol. The van der Waals surface area contributed by atoms with E-state index in [1.54, 1.807) is 46.5 Å². The second-order valence-corrected chi connectivity index (χ2v) is 10.9. The largest absolute Gasteiger partial charge is 0.342 e. The van der Waals surface area contributed by atoms with Gasteiger partial charge in [-0.3, -0.25) is 14.4 Å². The number of carbonyl (C=O) groups excluding carboxylic acids is 3. The molecule has 1 fully saturated rings. The zero-order valence-corrected chi connectivity index (χ0v) is 24.2. The first kappa shape index (κ1) is 30.1. The minimum absolute atomic E-state index is 0.156. The van der Waals surface area contributed by atoms with Crippen LogP contribution in [0.4, 0.5) is 4.39 Å². The number of pyridine rings is 1. The second kappa shape index (κ2) is 13.7. The van der Waals surface area contributed by atoms with Crippen LogP contribution in [0.5, 0.6) is 0 Å². The van der Waals surface area contributed by atoms with Crippen LogP contribution in [-0.2, 0) is 16.0 Å². The van der Waals surface area contributed by atoms with Crippen molar-refractivity contribution in [3.8, 4) is 0 Å². The highest BCUT2D eigenvalue weighted by atomic mass is 19.1. The van der Waals surface area contributed by atoms with E-state index in [0.717, 1.165) is 18.4 Å². The van der Waals surface area contributed by atoms with Gasteiger partial charge >= 0.3 is 0 Å². The molecule has 3 aromatic rings. The van der Waals surface area contributed by atoms with E-state index >= 15 is 0 Å². The van der Waals surface area contributed by atoms with Gasteiger partial charge in [-0.1, -0.05) is 18.2 Å². The first-order chi connectivity index (χ1) is 19.7. The monoisotopic (exact) mass is 565 g/mol. The second-order valence-electron chi connectivity index (χ2n) is 10.9. The van der Waals surface area contributed by atoms with E-state index in [1.807, 2.05) is 43.4 Å². The fourth-order valence-corrected chi connectivity index (χ4v) is 5.14. The fourth-order valence-electron chi connectivity index (χ4n) is 5.14. The SMILES string of the molecule is CN[C@@H](C)C(=O)N[C@@H](CN(C)C)C(=O)N1CCC[C@H]1CN(CCc1ccc(F)cc1)C(=O)c1cn2ccccc2n1. The molecule has 0 bridgehead atoms. The molecule has 11 heteroatoms. The summed E-state index contributed by atoms with van der Waals surface area (Å²) in [5, 5.41) is 5.82. The molecular formula is C30H40FN7O3. The van der Waals surface area contributed by atoms with Gasteiger partial charge < -0.3 is 29.7 Å². The summed E-state index contributed by atoms with van der Waals surface area (Å²) >= 11 is 0. The van der Waals surface area contributed by atoms with Gasteiger partial charge in [-0.2, -0.15) is 0 Å². The maximum absolute atomic E-state index is 13.8. The van der Waals surface area contributed by atoms with Gasteiger partial charge in [-0.05, 0) is 77.2 Å². The maximum atomic E-state index is 13.8. The number of amides is 3. The summed E-state index contributed by atoms with van der Waals surface area (Å²) in [5.41, 5.74) is 1.90. The maximum Gasteiger partial charge on any atom is 0.274 e. The van der Waals surface area contributed by atoms with E-state index in [1.165, 1.54) is 12.1 Å². The first-order valence-corrected chi connectivity index (χ1v) is 14.1. The minimum atomic E-state index is -0.712. The van der Waals surface area contributed by atoms with Crippen molar-refractivity contribution in [3.05, 3.63) is 71.9 Å². The van der Waals surface area contributed by atoms with Gasteiger partial charge in [-0.25, -0.2) is 9.37 Å². The van der Waals surface area contributed by atoms with Gasteiger partial charge in [0.2, 0.25) is 11.8 Å². The van der Waals surface area contributed by atoms with E-state index < -0.39 is 12.1 Å². The molecule has 41 heavy (non-hydrogen) atoms. The van der Waals surface area contributed by atoms with Gasteiger partial charge in [0, 0.05) is 44.6 Å². The third-order valence-electron chi connectivity index (χ3n) is 7.53. The number of nitrogens with zero attached hydrogens (tertiary/aromatic N) is 5. The molecule has 3 heterocycles. The number of rotatable bonds is 12. The van der Waals surface area contributed by atoms with E-state index in [9.17, 15) is 18.8 Å². The van der Waals surface area contributed by atoms with Crippen LogP contribution in [0, 0.1) is 5.82 Å². The smallest absolute Gasteiger partial charge is 0.274 e. The molecule has 1 aliphatic rings. The van der Waals surface area contributed by atoms with Gasteiger partial charge in [0.25, 0.3) is 5.91 Å². The number of aromatic nitrogens is 2. The van der Waals surface area contributed by atoms with Crippen LogP contribution in [-0.4, -0.2) is 107 Å². The van der Waals surface area contributed by atoms with Crippen molar-refractivity contribution in [3.63, 3.8) is 0 Å². The van der Waals surface area contributed by atoms with Crippen LogP contribution in [0.2, 0.25) is 0 Å². The Morgan fingerprint density at radius 2 is 1.90 bits per heavy atom. The zero-order chi connectivity index (χ0) is 29.5. The lowest BCUT2D eigenvalue weighted by Crippen LogP contribution is -2.57. The topological polar surface area (TPSA) is 102 Å². The number of likely N-dealkylation sites (N-methyl/N-ethyl adjacent to an activating group) is 2. The third kappa shape index (κ3) is 7.68. The molecule has 3 amide bonds. The Kier molecular flexibility index (Phi) is 10.1. The van der Waals surface area contributed by atoms with Crippen LogP contribution in [0.25, 0.3) is 5.65 Å². The van der Waals surface area contributed by atoms with Crippen LogP contribution in [0.1, 0.15) is 35.8 Å². The Bertz CT molecular complexity index is 1310. The van der Waals surface area contributed by atoms with Crippen LogP contribution in [0.15, 0.2) is 54.9 Å². The summed E-state index contributed by atoms with van der Waals surface area (Å²) in [7, 11) is 5.42. The Balaban J connectivity index is 1.55. The van der Waals surface area contributed by atoms with Gasteiger partial charge in [-0.15, -0.1) is 0 Å². The summed E-state index contributed by atoms with van der Waals surface area (Å²) in [6, 6.07) is 10.5. The molecule has 2 aromatic heterocycles. The van der Waals surface area contributed by atoms with Crippen molar-refractivity contribution in [2.45, 2.75) is 44.3 Å². The molecule has 0 radical (unpaired) electrons. The van der Waals surface area contributed by atoms with Crippen molar-refractivity contribution in [1.82, 2.24) is 34.7 Å². The summed E-state index contributed by atoms with van der Waals surface area (Å²) < 4.78 is 15.3. The molecule has 10 nitrogen and oxygen atoms in total. The number of fused-ring (bicyclic) bond motifs is 1. The van der Waals surface area contributed by atoms with Gasteiger partial charge in [0.05, 0.1) is 6.04 Å². The number of imidazole rings is 1. The number of hydrogen-bond donors (Lipinski definition) is 2. The predicted octanol–water partition coefficient (Wildman–Crippen LogP) is 1.80. The van der Waals surface area contributed by atoms with Crippen molar-refractivity contribution in [2.75, 3.05) is 47.3 Å². The Morgan fingerprint density at radius 1 is 1.15 bits per heavy atom. The molecule has 2 N–H and O–H groups in total. The fraction of sp³-hybridized carbons (Fsp3) is 0.467. The van der Waals surface area contributed by atoms with E-state index in [2.05, 4.69) is 15.6 Å². The number of carbonyl (C=O) groups is 3. The molecule has 0 spiro atoms. The molecule has 1 saturated heterocycles. The van der Waals surface area contributed by atoms with Crippen LogP contribution < -0.4 is 10.6 Å². The molecule has 1 aliphatic heterocycles. The normalized spacial score (nSPS) is 16.6. The number of benzene rings is 1. The number of nitrogens with one attached hydrogen (secondary N) is 2. The molecule has 0 saturated carbocycles. The average molecular weight is 566 g/mol. The highest BCUT2D eigenvalue weighted by molar-refractivity contribution is 5.93. The highest BCUT2D eigenvalue weighted by Crippen LogP contribution is 2.21. The van der Waals surface area contributed by atoms with E-state index in [-0.39, 0.29) is 29.6 Å². The Morgan fingerprint density at radius 3 is 2.59 bits per heavy atom. The van der Waals surface area contributed by atoms with Crippen molar-refractivity contribution in [1.29, 1.82) is 0 Å². The average Bonchev–Trinajstić information content (AvgIpc) is 3.61. The number of halogens is 1. The Hall–Kier alpha value is -3.83. The van der Waals surface area contributed by atoms with Crippen molar-refractivity contribution < 1.29 is 18.8 Å². The van der Waals surface area contributed by atoms with Crippen LogP contribution >= 0.6 is 0 Å². The standard InChI is InChI=1S/C30H40FN7O3/c1-21(32-2)28(39)34-25(19-35(3)4)30(41)38-16-7-8-24(38)18-37(17-14-22-10-12-23(31)13-11-22)29(40)26-20-36-15-6-5-9-27(36)33-26/h5-6,9-13,15,20-21,24-25,32H,7-8,14,16-19H2,1-4H3,(H,34,39)/t21-,24-,25-/m0/s1. The van der Waals surface area contributed by atoms with Gasteiger partial charge in [0.1, 0.15) is 23.2 Å². The third-order valence-corrected chi connectivity index (χ3v) is 7.53. The molecule has 220 valence electrons. The molecule has 4 rings (SSSR count). The zero-order valence-electron chi connectivity index (χ0n) is 24.2. The number of hydrogen-bond acceptors (Lipinski definition) is 6. The summed E-state index contributed by atoms with van der Waals surface area (Å²) in [5.74, 6) is -0.936. The lowest BCUT2D eigenvalue weighted by molar-refractivity contribution is -0.138. The van der Waals surface area contributed by atoms with Gasteiger partial charge in [0.15, 0.2) is 0 Å². The summed E-state index contributed by atoms with van der Waals surface area (Å²) in [4.78, 5) is 50.2. The number of likely N-dealkylation sites (tertiary alicyclic amines) is 1. The van der Waals surface area contributed by atoms with Crippen LogP contribution in [0.3, 0.4) is 0 Å². The molecule has 0 unspecified atom stereocenters. The first-order valence-electron chi connectivity index (χ1n) is 14.1. The van der Waals surface area contributed by atoms with E-state index in [0.29, 0.717) is 43.9 Å². The Labute approximate surface area is 240 Å². The summed E-state index contributed by atoms with van der Waals surface area (Å²) in [6.45, 7) is 3.37. The molecule has 0 aliphatic carbocycles. The highest BCUT2D eigenvalue weighted by Gasteiger charge is 2.36. The van der Waals surface area contributed by atoms with Crippen molar-refractivity contribution >= 4 is 23.4 Å². The minimum Gasteiger partial charge on any atom is -0.342 e. The molecular weight excluding hydrogens is 525 g/mol.